The van der Waals surface area contributed by atoms with E-state index >= 15 is 0 Å². The van der Waals surface area contributed by atoms with Crippen LogP contribution >= 0.6 is 0 Å². The van der Waals surface area contributed by atoms with E-state index in [-0.39, 0.29) is 59.0 Å². The predicted octanol–water partition coefficient (Wildman–Crippen LogP) is 6.18. The van der Waals surface area contributed by atoms with Crippen LogP contribution in [-0.2, 0) is 61.6 Å². The van der Waals surface area contributed by atoms with Crippen LogP contribution in [-0.4, -0.2) is 239 Å². The van der Waals surface area contributed by atoms with Crippen LogP contribution in [0.25, 0.3) is 0 Å². The van der Waals surface area contributed by atoms with Gasteiger partial charge in [-0.2, -0.15) is 0 Å². The Morgan fingerprint density at radius 1 is 0.317 bits per heavy atom. The molecule has 0 spiro atoms. The van der Waals surface area contributed by atoms with E-state index in [0.29, 0.717) is 39.6 Å². The fourth-order valence-corrected chi connectivity index (χ4v) is 10.4. The van der Waals surface area contributed by atoms with Crippen molar-refractivity contribution in [1.82, 2.24) is 0 Å². The maximum Gasteiger partial charge on any atom is 0.187 e. The Hall–Kier alpha value is -0.840. The van der Waals surface area contributed by atoms with Crippen molar-refractivity contribution in [3.63, 3.8) is 0 Å². The summed E-state index contributed by atoms with van der Waals surface area (Å²) in [5, 5.41) is 80.6. The number of aliphatic hydroxyl groups excluding tert-OH is 8. The van der Waals surface area contributed by atoms with E-state index in [9.17, 15) is 35.7 Å². The lowest BCUT2D eigenvalue weighted by Crippen LogP contribution is -2.47. The van der Waals surface area contributed by atoms with Gasteiger partial charge in [0.05, 0.1) is 99.1 Å². The molecule has 0 aromatic heterocycles. The Labute approximate surface area is 492 Å². The average molecular weight is 1190 g/mol. The zero-order chi connectivity index (χ0) is 59.1. The smallest absolute Gasteiger partial charge is 0.187 e. The zero-order valence-electron chi connectivity index (χ0n) is 50.8. The van der Waals surface area contributed by atoms with E-state index in [2.05, 4.69) is 13.8 Å². The lowest BCUT2D eigenvalue weighted by molar-refractivity contribution is -0.265. The van der Waals surface area contributed by atoms with Crippen molar-refractivity contribution in [2.75, 3.05) is 112 Å². The third-order valence-corrected chi connectivity index (χ3v) is 15.4. The number of rotatable bonds is 59. The standard InChI is InChI=1S/C61H118O21/c1-3-5-7-9-11-13-15-17-19-21-23-25-27-29-32-72-46-49(75-33-30-28-26-24-22-20-18-16-14-12-10-8-6-4-2)47-77-48(44-73-37-35-70-34-31-62)45-74-38-36-71-39-40-76-61-58(82-60-56(69)54(67)51(42-64)79-60)57(52(43-65)80-61)81-59-55(68)53(66)50(41-63)78-59/h48-69H,3-47H2,1-2H3/t48?,49?,50-,51-,52-,53-,54-,55+,56+,57-,58+,59-,60-,61+/m1/s1. The van der Waals surface area contributed by atoms with Crippen molar-refractivity contribution < 1.29 is 102 Å². The predicted molar refractivity (Wildman–Crippen MR) is 308 cm³/mol. The summed E-state index contributed by atoms with van der Waals surface area (Å²) < 4.78 is 77.1. The van der Waals surface area contributed by atoms with Crippen LogP contribution in [0.5, 0.6) is 0 Å². The molecule has 3 aliphatic rings. The van der Waals surface area contributed by atoms with Gasteiger partial charge < -0.3 is 102 Å². The van der Waals surface area contributed by atoms with Crippen molar-refractivity contribution in [2.24, 2.45) is 0 Å². The van der Waals surface area contributed by atoms with E-state index in [1.165, 1.54) is 154 Å². The summed E-state index contributed by atoms with van der Waals surface area (Å²) in [7, 11) is 0. The van der Waals surface area contributed by atoms with Gasteiger partial charge in [0.2, 0.25) is 0 Å². The summed E-state index contributed by atoms with van der Waals surface area (Å²) in [6.07, 6.45) is 19.5. The first-order valence-corrected chi connectivity index (χ1v) is 32.4. The fourth-order valence-electron chi connectivity index (χ4n) is 10.4. The van der Waals surface area contributed by atoms with E-state index in [1.54, 1.807) is 0 Å². The van der Waals surface area contributed by atoms with Gasteiger partial charge in [-0.3, -0.25) is 0 Å². The van der Waals surface area contributed by atoms with Crippen LogP contribution < -0.4 is 0 Å². The molecule has 0 aliphatic carbocycles. The molecular formula is C61H118O21. The summed E-state index contributed by atoms with van der Waals surface area (Å²) in [6, 6.07) is 0. The number of hydrogen-bond donors (Lipinski definition) is 8. The molecule has 3 fully saturated rings. The quantitative estimate of drug-likeness (QED) is 0.0316. The number of ether oxygens (including phenoxy) is 13. The molecule has 0 aromatic rings. The van der Waals surface area contributed by atoms with E-state index in [4.69, 9.17) is 66.7 Å². The molecule has 0 aromatic carbocycles. The molecule has 3 heterocycles. The third-order valence-electron chi connectivity index (χ3n) is 15.4. The number of aliphatic hydroxyl groups is 8. The van der Waals surface area contributed by atoms with Crippen LogP contribution in [0.1, 0.15) is 194 Å². The summed E-state index contributed by atoms with van der Waals surface area (Å²) in [4.78, 5) is 0. The van der Waals surface area contributed by atoms with Gasteiger partial charge in [-0.05, 0) is 12.8 Å². The fraction of sp³-hybridized carbons (Fsp3) is 1.00. The highest BCUT2D eigenvalue weighted by molar-refractivity contribution is 4.95. The summed E-state index contributed by atoms with van der Waals surface area (Å²) >= 11 is 0. The molecular weight excluding hydrogens is 1070 g/mol. The SMILES string of the molecule is CCCCCCCCCCCCCCCCOCC(COC(COCCOCCO)COCCOCCO[C@H]1O[C@H](CO)[C@@H](O[C@H]2O[C@H](CO)[C@@H](O)[C@@H]2O)[C@@H]1O[C@H]1O[C@H](CO)[C@@H](O)[C@@H]1O)OCCCCCCCCCCCCCCCC. The van der Waals surface area contributed by atoms with Gasteiger partial charge in [0, 0.05) is 13.2 Å². The lowest BCUT2D eigenvalue weighted by atomic mass is 10.0. The molecule has 3 rings (SSSR count). The molecule has 0 radical (unpaired) electrons. The van der Waals surface area contributed by atoms with Gasteiger partial charge in [0.25, 0.3) is 0 Å². The minimum atomic E-state index is -1.58. The molecule has 14 atom stereocenters. The van der Waals surface area contributed by atoms with Crippen molar-refractivity contribution in [2.45, 2.75) is 280 Å². The van der Waals surface area contributed by atoms with Crippen LogP contribution in [0.3, 0.4) is 0 Å². The minimum absolute atomic E-state index is 0.0423. The third kappa shape index (κ3) is 33.5. The highest BCUT2D eigenvalue weighted by Crippen LogP contribution is 2.35. The second kappa shape index (κ2) is 51.1. The van der Waals surface area contributed by atoms with Crippen LogP contribution in [0.15, 0.2) is 0 Å². The van der Waals surface area contributed by atoms with Gasteiger partial charge in [-0.15, -0.1) is 0 Å². The second-order valence-electron chi connectivity index (χ2n) is 22.5. The average Bonchev–Trinajstić information content (AvgIpc) is 4.21. The van der Waals surface area contributed by atoms with E-state index < -0.39 is 99.7 Å². The summed E-state index contributed by atoms with van der Waals surface area (Å²) in [5.41, 5.74) is 0. The Morgan fingerprint density at radius 2 is 0.671 bits per heavy atom. The normalized spacial score (nSPS) is 26.4. The molecule has 2 unspecified atom stereocenters. The van der Waals surface area contributed by atoms with Crippen LogP contribution in [0, 0.1) is 0 Å². The monoisotopic (exact) mass is 1190 g/mol. The van der Waals surface area contributed by atoms with Crippen LogP contribution in [0.2, 0.25) is 0 Å². The molecule has 488 valence electrons. The first-order chi connectivity index (χ1) is 40.2. The Balaban J connectivity index is 1.46. The maximum absolute atomic E-state index is 10.7. The highest BCUT2D eigenvalue weighted by Gasteiger charge is 2.54. The summed E-state index contributed by atoms with van der Waals surface area (Å²) in [5.74, 6) is 0. The Kier molecular flexibility index (Phi) is 47.0. The van der Waals surface area contributed by atoms with Crippen molar-refractivity contribution in [3.8, 4) is 0 Å². The number of unbranched alkanes of at least 4 members (excludes halogenated alkanes) is 26. The van der Waals surface area contributed by atoms with Crippen LogP contribution in [0.4, 0.5) is 0 Å². The molecule has 8 N–H and O–H groups in total. The molecule has 82 heavy (non-hydrogen) atoms. The Morgan fingerprint density at radius 3 is 1.10 bits per heavy atom. The van der Waals surface area contributed by atoms with Crippen molar-refractivity contribution in [3.05, 3.63) is 0 Å². The minimum Gasteiger partial charge on any atom is -0.394 e. The van der Waals surface area contributed by atoms with Gasteiger partial charge >= 0.3 is 0 Å². The van der Waals surface area contributed by atoms with Gasteiger partial charge in [0.1, 0.15) is 67.1 Å². The largest absolute Gasteiger partial charge is 0.394 e. The first-order valence-electron chi connectivity index (χ1n) is 32.4. The van der Waals surface area contributed by atoms with Crippen molar-refractivity contribution in [1.29, 1.82) is 0 Å². The van der Waals surface area contributed by atoms with E-state index in [1.807, 2.05) is 0 Å². The van der Waals surface area contributed by atoms with E-state index in [0.717, 1.165) is 25.7 Å². The molecule has 0 amide bonds. The lowest BCUT2D eigenvalue weighted by Gasteiger charge is -2.30. The molecule has 0 bridgehead atoms. The zero-order valence-corrected chi connectivity index (χ0v) is 50.8. The molecule has 3 saturated heterocycles. The molecule has 21 nitrogen and oxygen atoms in total. The Bertz CT molecular complexity index is 1400. The molecule has 3 aliphatic heterocycles. The maximum atomic E-state index is 10.7. The second-order valence-corrected chi connectivity index (χ2v) is 22.5. The highest BCUT2D eigenvalue weighted by atomic mass is 16.8. The van der Waals surface area contributed by atoms with Gasteiger partial charge in [0.15, 0.2) is 18.9 Å². The first kappa shape index (κ1) is 75.4. The molecule has 21 heteroatoms. The van der Waals surface area contributed by atoms with Gasteiger partial charge in [-0.1, -0.05) is 181 Å². The topological polar surface area (TPSA) is 282 Å². The summed E-state index contributed by atoms with van der Waals surface area (Å²) in [6.45, 7) is 6.46. The number of hydrogen-bond acceptors (Lipinski definition) is 21. The van der Waals surface area contributed by atoms with Crippen molar-refractivity contribution >= 4 is 0 Å². The van der Waals surface area contributed by atoms with Gasteiger partial charge in [-0.25, -0.2) is 0 Å². The molecule has 0 saturated carbocycles.